The van der Waals surface area contributed by atoms with Crippen LogP contribution in [0.5, 0.6) is 0 Å². The standard InChI is InChI=1S/C14H20ClN3/c1-4-10(2)18-13(16)17-9-14(18,3)11-6-5-7-12(15)8-11/h5-8,10H,4,9H2,1-3H3,(H2,16,17). The van der Waals surface area contributed by atoms with Crippen LogP contribution in [0.25, 0.3) is 0 Å². The molecule has 0 spiro atoms. The van der Waals surface area contributed by atoms with Crippen LogP contribution in [0.4, 0.5) is 0 Å². The first kappa shape index (κ1) is 13.2. The molecule has 1 aromatic rings. The lowest BCUT2D eigenvalue weighted by molar-refractivity contribution is 0.171. The van der Waals surface area contributed by atoms with Crippen LogP contribution in [0.1, 0.15) is 32.8 Å². The van der Waals surface area contributed by atoms with E-state index in [1.807, 2.05) is 18.2 Å². The number of rotatable bonds is 3. The topological polar surface area (TPSA) is 41.6 Å². The Morgan fingerprint density at radius 1 is 1.56 bits per heavy atom. The molecule has 0 aliphatic carbocycles. The Balaban J connectivity index is 2.41. The zero-order chi connectivity index (χ0) is 13.3. The van der Waals surface area contributed by atoms with Gasteiger partial charge < -0.3 is 10.6 Å². The summed E-state index contributed by atoms with van der Waals surface area (Å²) in [7, 11) is 0. The molecule has 18 heavy (non-hydrogen) atoms. The molecule has 3 nitrogen and oxygen atoms in total. The van der Waals surface area contributed by atoms with Crippen LogP contribution < -0.4 is 5.73 Å². The van der Waals surface area contributed by atoms with Crippen molar-refractivity contribution in [3.05, 3.63) is 34.9 Å². The van der Waals surface area contributed by atoms with E-state index in [0.29, 0.717) is 18.5 Å². The normalized spacial score (nSPS) is 25.1. The number of aliphatic imine (C=N–C) groups is 1. The van der Waals surface area contributed by atoms with Gasteiger partial charge in [0.05, 0.1) is 12.1 Å². The molecule has 2 rings (SSSR count). The molecule has 2 unspecified atom stereocenters. The number of nitrogens with zero attached hydrogens (tertiary/aromatic N) is 2. The van der Waals surface area contributed by atoms with Crippen molar-refractivity contribution in [1.82, 2.24) is 4.90 Å². The molecule has 1 aliphatic heterocycles. The van der Waals surface area contributed by atoms with Crippen molar-refractivity contribution < 1.29 is 0 Å². The van der Waals surface area contributed by atoms with Crippen LogP contribution in [0.3, 0.4) is 0 Å². The van der Waals surface area contributed by atoms with Crippen molar-refractivity contribution in [3.63, 3.8) is 0 Å². The van der Waals surface area contributed by atoms with E-state index in [2.05, 4.69) is 36.7 Å². The minimum Gasteiger partial charge on any atom is -0.370 e. The summed E-state index contributed by atoms with van der Waals surface area (Å²) in [6.07, 6.45) is 1.03. The van der Waals surface area contributed by atoms with Gasteiger partial charge in [-0.25, -0.2) is 0 Å². The Morgan fingerprint density at radius 3 is 2.89 bits per heavy atom. The molecule has 0 bridgehead atoms. The highest BCUT2D eigenvalue weighted by Crippen LogP contribution is 2.35. The second-order valence-corrected chi connectivity index (χ2v) is 5.52. The summed E-state index contributed by atoms with van der Waals surface area (Å²) in [5.74, 6) is 0.631. The number of nitrogens with two attached hydrogens (primary N) is 1. The molecule has 1 aromatic carbocycles. The lowest BCUT2D eigenvalue weighted by atomic mass is 9.89. The highest BCUT2D eigenvalue weighted by Gasteiger charge is 2.41. The summed E-state index contributed by atoms with van der Waals surface area (Å²) in [6.45, 7) is 7.20. The van der Waals surface area contributed by atoms with E-state index in [0.717, 1.165) is 11.4 Å². The highest BCUT2D eigenvalue weighted by atomic mass is 35.5. The number of benzene rings is 1. The van der Waals surface area contributed by atoms with Crippen LogP contribution in [0.2, 0.25) is 5.02 Å². The van der Waals surface area contributed by atoms with E-state index >= 15 is 0 Å². The first-order valence-corrected chi connectivity index (χ1v) is 6.72. The zero-order valence-corrected chi connectivity index (χ0v) is 11.9. The molecule has 0 radical (unpaired) electrons. The average molecular weight is 266 g/mol. The van der Waals surface area contributed by atoms with Gasteiger partial charge in [0, 0.05) is 11.1 Å². The van der Waals surface area contributed by atoms with Gasteiger partial charge in [0.1, 0.15) is 0 Å². The van der Waals surface area contributed by atoms with E-state index in [-0.39, 0.29) is 5.54 Å². The van der Waals surface area contributed by atoms with Gasteiger partial charge in [0.2, 0.25) is 0 Å². The second-order valence-electron chi connectivity index (χ2n) is 5.09. The summed E-state index contributed by atoms with van der Waals surface area (Å²) in [4.78, 5) is 6.63. The molecule has 2 N–H and O–H groups in total. The summed E-state index contributed by atoms with van der Waals surface area (Å²) < 4.78 is 0. The van der Waals surface area contributed by atoms with E-state index in [4.69, 9.17) is 17.3 Å². The van der Waals surface area contributed by atoms with Crippen LogP contribution >= 0.6 is 11.6 Å². The zero-order valence-electron chi connectivity index (χ0n) is 11.2. The van der Waals surface area contributed by atoms with Gasteiger partial charge >= 0.3 is 0 Å². The van der Waals surface area contributed by atoms with Gasteiger partial charge in [-0.2, -0.15) is 0 Å². The van der Waals surface area contributed by atoms with E-state index < -0.39 is 0 Å². The van der Waals surface area contributed by atoms with E-state index in [9.17, 15) is 0 Å². The van der Waals surface area contributed by atoms with Crippen LogP contribution in [0.15, 0.2) is 29.3 Å². The minimum absolute atomic E-state index is 0.190. The van der Waals surface area contributed by atoms with Crippen LogP contribution in [-0.4, -0.2) is 23.4 Å². The maximum atomic E-state index is 6.10. The van der Waals surface area contributed by atoms with Crippen molar-refractivity contribution in [2.24, 2.45) is 10.7 Å². The fraction of sp³-hybridized carbons (Fsp3) is 0.500. The molecule has 4 heteroatoms. The maximum absolute atomic E-state index is 6.10. The Morgan fingerprint density at radius 2 is 2.28 bits per heavy atom. The molecule has 0 aromatic heterocycles. The van der Waals surface area contributed by atoms with Gasteiger partial charge in [0.15, 0.2) is 5.96 Å². The number of hydrogen-bond acceptors (Lipinski definition) is 3. The van der Waals surface area contributed by atoms with Crippen molar-refractivity contribution in [2.75, 3.05) is 6.54 Å². The summed E-state index contributed by atoms with van der Waals surface area (Å²) in [5, 5.41) is 0.753. The fourth-order valence-electron chi connectivity index (χ4n) is 2.59. The van der Waals surface area contributed by atoms with Crippen LogP contribution in [0, 0.1) is 0 Å². The third kappa shape index (κ3) is 2.07. The Bertz CT molecular complexity index is 472. The first-order chi connectivity index (χ1) is 8.49. The molecule has 1 heterocycles. The predicted octanol–water partition coefficient (Wildman–Crippen LogP) is 2.98. The van der Waals surface area contributed by atoms with Crippen molar-refractivity contribution in [2.45, 2.75) is 38.8 Å². The molecular formula is C14H20ClN3. The van der Waals surface area contributed by atoms with Gasteiger partial charge in [-0.15, -0.1) is 0 Å². The Labute approximate surface area is 114 Å². The van der Waals surface area contributed by atoms with Gasteiger partial charge in [-0.3, -0.25) is 4.99 Å². The third-order valence-electron chi connectivity index (χ3n) is 3.81. The molecule has 2 atom stereocenters. The fourth-order valence-corrected chi connectivity index (χ4v) is 2.78. The molecule has 0 amide bonds. The lowest BCUT2D eigenvalue weighted by Gasteiger charge is -2.40. The maximum Gasteiger partial charge on any atom is 0.192 e. The Hall–Kier alpha value is -1.22. The van der Waals surface area contributed by atoms with Gasteiger partial charge in [-0.05, 0) is 38.0 Å². The summed E-state index contributed by atoms with van der Waals surface area (Å²) in [6, 6.07) is 8.33. The van der Waals surface area contributed by atoms with Crippen molar-refractivity contribution in [1.29, 1.82) is 0 Å². The smallest absolute Gasteiger partial charge is 0.192 e. The van der Waals surface area contributed by atoms with Crippen molar-refractivity contribution >= 4 is 17.6 Å². The van der Waals surface area contributed by atoms with Crippen molar-refractivity contribution in [3.8, 4) is 0 Å². The monoisotopic (exact) mass is 265 g/mol. The van der Waals surface area contributed by atoms with E-state index in [1.165, 1.54) is 5.56 Å². The van der Waals surface area contributed by atoms with Gasteiger partial charge in [0.25, 0.3) is 0 Å². The molecule has 0 fully saturated rings. The van der Waals surface area contributed by atoms with Gasteiger partial charge in [-0.1, -0.05) is 30.7 Å². The number of halogens is 1. The third-order valence-corrected chi connectivity index (χ3v) is 4.04. The number of hydrogen-bond donors (Lipinski definition) is 1. The Kier molecular flexibility index (Phi) is 3.53. The second kappa shape index (κ2) is 4.81. The molecule has 1 aliphatic rings. The molecule has 98 valence electrons. The first-order valence-electron chi connectivity index (χ1n) is 6.34. The summed E-state index contributed by atoms with van der Waals surface area (Å²) in [5.41, 5.74) is 7.03. The average Bonchev–Trinajstić information content (AvgIpc) is 2.66. The molecular weight excluding hydrogens is 246 g/mol. The molecule has 0 saturated carbocycles. The number of guanidine groups is 1. The quantitative estimate of drug-likeness (QED) is 0.913. The highest BCUT2D eigenvalue weighted by molar-refractivity contribution is 6.30. The van der Waals surface area contributed by atoms with Crippen LogP contribution in [-0.2, 0) is 5.54 Å². The minimum atomic E-state index is -0.190. The predicted molar refractivity (Wildman–Crippen MR) is 76.9 cm³/mol. The molecule has 0 saturated heterocycles. The summed E-state index contributed by atoms with van der Waals surface area (Å²) >= 11 is 6.10. The lowest BCUT2D eigenvalue weighted by Crippen LogP contribution is -2.51. The SMILES string of the molecule is CCC(C)N1C(N)=NCC1(C)c1cccc(Cl)c1. The van der Waals surface area contributed by atoms with E-state index in [1.54, 1.807) is 0 Å². The largest absolute Gasteiger partial charge is 0.370 e.